The molecular formula is C16H30N2O2. The smallest absolute Gasteiger partial charge is 0.228 e. The van der Waals surface area contributed by atoms with Crippen LogP contribution in [0.5, 0.6) is 0 Å². The molecule has 116 valence electrons. The number of piperidine rings is 1. The minimum atomic E-state index is -0.354. The lowest BCUT2D eigenvalue weighted by Crippen LogP contribution is -2.59. The van der Waals surface area contributed by atoms with Crippen LogP contribution in [0.3, 0.4) is 0 Å². The van der Waals surface area contributed by atoms with E-state index in [0.717, 1.165) is 64.5 Å². The molecule has 3 N–H and O–H groups in total. The highest BCUT2D eigenvalue weighted by Crippen LogP contribution is 2.35. The molecule has 0 aromatic heterocycles. The second-order valence-corrected chi connectivity index (χ2v) is 6.76. The number of aliphatic hydroxyl groups excluding tert-OH is 1. The van der Waals surface area contributed by atoms with E-state index < -0.39 is 0 Å². The van der Waals surface area contributed by atoms with E-state index in [4.69, 9.17) is 0 Å². The fraction of sp³-hybridized carbons (Fsp3) is 0.938. The van der Waals surface area contributed by atoms with Crippen LogP contribution in [0.2, 0.25) is 0 Å². The molecule has 1 unspecified atom stereocenters. The number of hydrogen-bond acceptors (Lipinski definition) is 3. The predicted molar refractivity (Wildman–Crippen MR) is 80.5 cm³/mol. The van der Waals surface area contributed by atoms with Gasteiger partial charge in [-0.15, -0.1) is 0 Å². The highest BCUT2D eigenvalue weighted by molar-refractivity contribution is 5.83. The fourth-order valence-electron chi connectivity index (χ4n) is 3.89. The number of carbonyl (C=O) groups excluding carboxylic acids is 1. The Balaban J connectivity index is 2.06. The maximum absolute atomic E-state index is 12.9. The zero-order valence-corrected chi connectivity index (χ0v) is 12.8. The Kier molecular flexibility index (Phi) is 5.44. The molecule has 2 fully saturated rings. The van der Waals surface area contributed by atoms with Gasteiger partial charge in [-0.1, -0.05) is 32.6 Å². The highest BCUT2D eigenvalue weighted by atomic mass is 16.3. The van der Waals surface area contributed by atoms with Gasteiger partial charge in [-0.2, -0.15) is 0 Å². The summed E-state index contributed by atoms with van der Waals surface area (Å²) < 4.78 is 0. The Labute approximate surface area is 122 Å². The molecular weight excluding hydrogens is 252 g/mol. The number of carbonyl (C=O) groups is 1. The van der Waals surface area contributed by atoms with Crippen LogP contribution in [0, 0.1) is 5.41 Å². The number of amides is 1. The summed E-state index contributed by atoms with van der Waals surface area (Å²) in [5, 5.41) is 16.4. The van der Waals surface area contributed by atoms with Crippen LogP contribution in [0.15, 0.2) is 0 Å². The molecule has 1 saturated heterocycles. The molecule has 20 heavy (non-hydrogen) atoms. The van der Waals surface area contributed by atoms with Gasteiger partial charge in [-0.25, -0.2) is 0 Å². The van der Waals surface area contributed by atoms with Gasteiger partial charge in [0.05, 0.1) is 17.6 Å². The van der Waals surface area contributed by atoms with E-state index in [9.17, 15) is 9.90 Å². The lowest BCUT2D eigenvalue weighted by atomic mass is 9.74. The summed E-state index contributed by atoms with van der Waals surface area (Å²) in [6, 6.07) is 0. The summed E-state index contributed by atoms with van der Waals surface area (Å²) in [7, 11) is 0. The third kappa shape index (κ3) is 3.34. The van der Waals surface area contributed by atoms with Crippen molar-refractivity contribution in [2.75, 3.05) is 19.7 Å². The number of aliphatic hydroxyl groups is 1. The minimum absolute atomic E-state index is 0.0778. The molecule has 0 aromatic carbocycles. The SMILES string of the molecule is CCCC1(C(=O)NC2(CO)CCCCC2)CCCNC1. The van der Waals surface area contributed by atoms with E-state index in [2.05, 4.69) is 17.6 Å². The van der Waals surface area contributed by atoms with Crippen LogP contribution in [-0.2, 0) is 4.79 Å². The summed E-state index contributed by atoms with van der Waals surface area (Å²) in [5.74, 6) is 0.169. The van der Waals surface area contributed by atoms with Crippen molar-refractivity contribution in [1.29, 1.82) is 0 Å². The predicted octanol–water partition coefficient (Wildman–Crippen LogP) is 1.97. The maximum atomic E-state index is 12.9. The van der Waals surface area contributed by atoms with Crippen molar-refractivity contribution in [1.82, 2.24) is 10.6 Å². The van der Waals surface area contributed by atoms with E-state index in [0.29, 0.717) is 0 Å². The number of hydrogen-bond donors (Lipinski definition) is 3. The van der Waals surface area contributed by atoms with Crippen molar-refractivity contribution >= 4 is 5.91 Å². The molecule has 0 bridgehead atoms. The Morgan fingerprint density at radius 1 is 1.20 bits per heavy atom. The average Bonchev–Trinajstić information content (AvgIpc) is 2.49. The van der Waals surface area contributed by atoms with E-state index in [1.54, 1.807) is 0 Å². The largest absolute Gasteiger partial charge is 0.394 e. The van der Waals surface area contributed by atoms with Gasteiger partial charge < -0.3 is 15.7 Å². The van der Waals surface area contributed by atoms with Crippen LogP contribution in [0.4, 0.5) is 0 Å². The molecule has 0 aromatic rings. The lowest BCUT2D eigenvalue weighted by Gasteiger charge is -2.42. The zero-order valence-electron chi connectivity index (χ0n) is 12.8. The second-order valence-electron chi connectivity index (χ2n) is 6.76. The fourth-order valence-corrected chi connectivity index (χ4v) is 3.89. The molecule has 1 heterocycles. The van der Waals surface area contributed by atoms with Crippen molar-refractivity contribution < 1.29 is 9.90 Å². The molecule has 1 saturated carbocycles. The minimum Gasteiger partial charge on any atom is -0.394 e. The van der Waals surface area contributed by atoms with Crippen molar-refractivity contribution in [2.45, 2.75) is 70.3 Å². The summed E-state index contributed by atoms with van der Waals surface area (Å²) >= 11 is 0. The van der Waals surface area contributed by atoms with Crippen molar-refractivity contribution in [3.05, 3.63) is 0 Å². The molecule has 1 aliphatic heterocycles. The topological polar surface area (TPSA) is 61.4 Å². The molecule has 1 atom stereocenters. The Morgan fingerprint density at radius 2 is 1.95 bits per heavy atom. The van der Waals surface area contributed by atoms with Gasteiger partial charge in [-0.05, 0) is 38.6 Å². The Hall–Kier alpha value is -0.610. The average molecular weight is 282 g/mol. The molecule has 4 nitrogen and oxygen atoms in total. The van der Waals surface area contributed by atoms with Crippen LogP contribution < -0.4 is 10.6 Å². The first-order chi connectivity index (χ1) is 9.66. The zero-order chi connectivity index (χ0) is 14.5. The summed E-state index contributed by atoms with van der Waals surface area (Å²) in [5.41, 5.74) is -0.611. The van der Waals surface area contributed by atoms with Gasteiger partial charge >= 0.3 is 0 Å². The monoisotopic (exact) mass is 282 g/mol. The van der Waals surface area contributed by atoms with Crippen LogP contribution in [-0.4, -0.2) is 36.2 Å². The second kappa shape index (κ2) is 6.90. The van der Waals surface area contributed by atoms with Gasteiger partial charge in [0.25, 0.3) is 0 Å². The third-order valence-corrected chi connectivity index (χ3v) is 5.17. The molecule has 2 aliphatic rings. The molecule has 1 amide bonds. The van der Waals surface area contributed by atoms with Crippen molar-refractivity contribution in [2.24, 2.45) is 5.41 Å². The first kappa shape index (κ1) is 15.8. The van der Waals surface area contributed by atoms with E-state index in [1.165, 1.54) is 6.42 Å². The van der Waals surface area contributed by atoms with Gasteiger partial charge in [0.1, 0.15) is 0 Å². The molecule has 1 aliphatic carbocycles. The normalized spacial score (nSPS) is 29.9. The quantitative estimate of drug-likeness (QED) is 0.722. The van der Waals surface area contributed by atoms with Gasteiger partial charge in [0.15, 0.2) is 0 Å². The van der Waals surface area contributed by atoms with E-state index in [-0.39, 0.29) is 23.5 Å². The molecule has 2 rings (SSSR count). The maximum Gasteiger partial charge on any atom is 0.228 e. The molecule has 4 heteroatoms. The van der Waals surface area contributed by atoms with Crippen LogP contribution >= 0.6 is 0 Å². The first-order valence-electron chi connectivity index (χ1n) is 8.31. The first-order valence-corrected chi connectivity index (χ1v) is 8.31. The third-order valence-electron chi connectivity index (χ3n) is 5.17. The van der Waals surface area contributed by atoms with E-state index in [1.807, 2.05) is 0 Å². The highest BCUT2D eigenvalue weighted by Gasteiger charge is 2.42. The van der Waals surface area contributed by atoms with Gasteiger partial charge in [-0.3, -0.25) is 4.79 Å². The standard InChI is InChI=1S/C16H30N2O2/c1-2-7-15(8-6-11-17-12-15)14(20)18-16(13-19)9-4-3-5-10-16/h17,19H,2-13H2,1H3,(H,18,20). The Bertz CT molecular complexity index is 313. The number of rotatable bonds is 5. The summed E-state index contributed by atoms with van der Waals surface area (Å²) in [6.07, 6.45) is 9.30. The summed E-state index contributed by atoms with van der Waals surface area (Å²) in [6.45, 7) is 4.03. The number of nitrogens with one attached hydrogen (secondary N) is 2. The summed E-state index contributed by atoms with van der Waals surface area (Å²) in [4.78, 5) is 12.9. The van der Waals surface area contributed by atoms with Gasteiger partial charge in [0.2, 0.25) is 5.91 Å². The van der Waals surface area contributed by atoms with Crippen molar-refractivity contribution in [3.8, 4) is 0 Å². The van der Waals surface area contributed by atoms with E-state index >= 15 is 0 Å². The van der Waals surface area contributed by atoms with Crippen LogP contribution in [0.25, 0.3) is 0 Å². The Morgan fingerprint density at radius 3 is 2.50 bits per heavy atom. The van der Waals surface area contributed by atoms with Crippen LogP contribution in [0.1, 0.15) is 64.7 Å². The molecule has 0 spiro atoms. The van der Waals surface area contributed by atoms with Gasteiger partial charge in [0, 0.05) is 6.54 Å². The molecule has 0 radical (unpaired) electrons. The van der Waals surface area contributed by atoms with Crippen molar-refractivity contribution in [3.63, 3.8) is 0 Å². The lowest BCUT2D eigenvalue weighted by molar-refractivity contribution is -0.136.